The first-order chi connectivity index (χ1) is 14.0. The standard InChI is InChI=1S/C22H21N5O2/c1-15-6-7-17(16(2)13-15)19-14-20-22(29)26(11-12-27(20)25-19)10-9-24-21(28)18-5-3-4-8-23-18/h3-8,11-14H,9-10H2,1-2H3,(H,24,28). The largest absolute Gasteiger partial charge is 0.349 e. The maximum absolute atomic E-state index is 12.8. The Kier molecular flexibility index (Phi) is 4.95. The Morgan fingerprint density at radius 3 is 2.72 bits per heavy atom. The average molecular weight is 387 g/mol. The van der Waals surface area contributed by atoms with Gasteiger partial charge in [-0.25, -0.2) is 4.52 Å². The molecule has 0 aliphatic rings. The fraction of sp³-hybridized carbons (Fsp3) is 0.182. The van der Waals surface area contributed by atoms with Gasteiger partial charge < -0.3 is 9.88 Å². The molecule has 0 saturated heterocycles. The molecule has 7 heteroatoms. The molecule has 0 atom stereocenters. The lowest BCUT2D eigenvalue weighted by molar-refractivity contribution is 0.0947. The SMILES string of the molecule is Cc1ccc(-c2cc3c(=O)n(CCNC(=O)c4ccccn4)ccn3n2)c(C)c1. The molecule has 0 aliphatic heterocycles. The number of fused-ring (bicyclic) bond motifs is 1. The molecule has 1 aromatic carbocycles. The van der Waals surface area contributed by atoms with E-state index < -0.39 is 0 Å². The van der Waals surface area contributed by atoms with Gasteiger partial charge in [0, 0.05) is 37.2 Å². The lowest BCUT2D eigenvalue weighted by Gasteiger charge is -2.07. The topological polar surface area (TPSA) is 81.3 Å². The van der Waals surface area contributed by atoms with Crippen molar-refractivity contribution in [3.05, 3.63) is 88.2 Å². The molecular weight excluding hydrogens is 366 g/mol. The van der Waals surface area contributed by atoms with Crippen LogP contribution < -0.4 is 10.9 Å². The molecule has 29 heavy (non-hydrogen) atoms. The van der Waals surface area contributed by atoms with Crippen molar-refractivity contribution in [2.45, 2.75) is 20.4 Å². The molecule has 146 valence electrons. The highest BCUT2D eigenvalue weighted by atomic mass is 16.2. The predicted molar refractivity (Wildman–Crippen MR) is 111 cm³/mol. The van der Waals surface area contributed by atoms with Crippen LogP contribution in [-0.4, -0.2) is 31.6 Å². The van der Waals surface area contributed by atoms with Gasteiger partial charge in [0.05, 0.1) is 5.69 Å². The zero-order valence-corrected chi connectivity index (χ0v) is 16.3. The molecule has 0 aliphatic carbocycles. The van der Waals surface area contributed by atoms with Crippen molar-refractivity contribution in [2.75, 3.05) is 6.54 Å². The lowest BCUT2D eigenvalue weighted by Crippen LogP contribution is -2.31. The third-order valence-corrected chi connectivity index (χ3v) is 4.80. The fourth-order valence-electron chi connectivity index (χ4n) is 3.31. The highest BCUT2D eigenvalue weighted by molar-refractivity contribution is 5.92. The lowest BCUT2D eigenvalue weighted by atomic mass is 10.0. The number of nitrogens with one attached hydrogen (secondary N) is 1. The minimum absolute atomic E-state index is 0.150. The molecule has 0 fully saturated rings. The number of aromatic nitrogens is 4. The Balaban J connectivity index is 1.53. The van der Waals surface area contributed by atoms with Crippen LogP contribution in [0.5, 0.6) is 0 Å². The maximum atomic E-state index is 12.8. The summed E-state index contributed by atoms with van der Waals surface area (Å²) < 4.78 is 3.17. The third kappa shape index (κ3) is 3.80. The summed E-state index contributed by atoms with van der Waals surface area (Å²) in [6.45, 7) is 4.77. The van der Waals surface area contributed by atoms with Crippen LogP contribution in [0.15, 0.2) is 65.8 Å². The summed E-state index contributed by atoms with van der Waals surface area (Å²) in [5, 5.41) is 7.33. The number of benzene rings is 1. The van der Waals surface area contributed by atoms with E-state index in [0.29, 0.717) is 24.3 Å². The Bertz CT molecular complexity index is 1240. The summed E-state index contributed by atoms with van der Waals surface area (Å²) in [6, 6.07) is 13.1. The molecule has 0 spiro atoms. The van der Waals surface area contributed by atoms with Gasteiger partial charge in [0.25, 0.3) is 11.5 Å². The molecular formula is C22H21N5O2. The van der Waals surface area contributed by atoms with E-state index in [-0.39, 0.29) is 11.5 Å². The number of rotatable bonds is 5. The van der Waals surface area contributed by atoms with Gasteiger partial charge in [-0.3, -0.25) is 14.6 Å². The Labute approximate surface area is 167 Å². The van der Waals surface area contributed by atoms with E-state index >= 15 is 0 Å². The second kappa shape index (κ2) is 7.71. The molecule has 1 amide bonds. The normalized spacial score (nSPS) is 11.0. The monoisotopic (exact) mass is 387 g/mol. The molecule has 0 unspecified atom stereocenters. The number of carbonyl (C=O) groups is 1. The number of amides is 1. The van der Waals surface area contributed by atoms with Gasteiger partial charge >= 0.3 is 0 Å². The highest BCUT2D eigenvalue weighted by Gasteiger charge is 2.11. The minimum atomic E-state index is -0.263. The maximum Gasteiger partial charge on any atom is 0.276 e. The van der Waals surface area contributed by atoms with E-state index in [2.05, 4.69) is 21.5 Å². The van der Waals surface area contributed by atoms with Crippen LogP contribution in [0.4, 0.5) is 0 Å². The smallest absolute Gasteiger partial charge is 0.276 e. The summed E-state index contributed by atoms with van der Waals surface area (Å²) in [4.78, 5) is 28.9. The quantitative estimate of drug-likeness (QED) is 0.571. The van der Waals surface area contributed by atoms with E-state index in [9.17, 15) is 9.59 Å². The molecule has 7 nitrogen and oxygen atoms in total. The molecule has 3 heterocycles. The van der Waals surface area contributed by atoms with E-state index in [1.165, 1.54) is 5.56 Å². The van der Waals surface area contributed by atoms with E-state index in [1.807, 2.05) is 32.0 Å². The summed E-state index contributed by atoms with van der Waals surface area (Å²) in [5.74, 6) is -0.263. The highest BCUT2D eigenvalue weighted by Crippen LogP contribution is 2.23. The van der Waals surface area contributed by atoms with Crippen molar-refractivity contribution in [1.29, 1.82) is 0 Å². The number of aryl methyl sites for hydroxylation is 2. The molecule has 4 aromatic rings. The average Bonchev–Trinajstić information content (AvgIpc) is 3.15. The van der Waals surface area contributed by atoms with Crippen LogP contribution >= 0.6 is 0 Å². The van der Waals surface area contributed by atoms with Gasteiger partial charge in [-0.2, -0.15) is 5.10 Å². The number of carbonyl (C=O) groups excluding carboxylic acids is 1. The van der Waals surface area contributed by atoms with Crippen molar-refractivity contribution in [3.63, 3.8) is 0 Å². The number of hydrogen-bond acceptors (Lipinski definition) is 4. The molecule has 0 radical (unpaired) electrons. The van der Waals surface area contributed by atoms with Crippen LogP contribution in [0.2, 0.25) is 0 Å². The number of pyridine rings is 1. The van der Waals surface area contributed by atoms with Gasteiger partial charge in [-0.1, -0.05) is 29.8 Å². The van der Waals surface area contributed by atoms with Crippen LogP contribution in [0, 0.1) is 13.8 Å². The van der Waals surface area contributed by atoms with Crippen molar-refractivity contribution < 1.29 is 4.79 Å². The zero-order valence-electron chi connectivity index (χ0n) is 16.3. The second-order valence-corrected chi connectivity index (χ2v) is 6.95. The van der Waals surface area contributed by atoms with Gasteiger partial charge in [0.15, 0.2) is 0 Å². The van der Waals surface area contributed by atoms with E-state index in [4.69, 9.17) is 0 Å². The Hall–Kier alpha value is -3.74. The zero-order chi connectivity index (χ0) is 20.4. The first-order valence-corrected chi connectivity index (χ1v) is 9.38. The van der Waals surface area contributed by atoms with Crippen LogP contribution in [0.3, 0.4) is 0 Å². The molecule has 4 rings (SSSR count). The van der Waals surface area contributed by atoms with E-state index in [1.54, 1.807) is 45.9 Å². The minimum Gasteiger partial charge on any atom is -0.349 e. The molecule has 0 saturated carbocycles. The molecule has 3 aromatic heterocycles. The first kappa shape index (κ1) is 18.6. The second-order valence-electron chi connectivity index (χ2n) is 6.95. The van der Waals surface area contributed by atoms with Crippen molar-refractivity contribution in [2.24, 2.45) is 0 Å². The van der Waals surface area contributed by atoms with Crippen molar-refractivity contribution >= 4 is 11.4 Å². The summed E-state index contributed by atoms with van der Waals surface area (Å²) in [6.07, 6.45) is 5.01. The third-order valence-electron chi connectivity index (χ3n) is 4.80. The summed E-state index contributed by atoms with van der Waals surface area (Å²) in [5.41, 5.74) is 4.77. The molecule has 0 bridgehead atoms. The van der Waals surface area contributed by atoms with E-state index in [0.717, 1.165) is 16.8 Å². The number of hydrogen-bond donors (Lipinski definition) is 1. The van der Waals surface area contributed by atoms with Crippen LogP contribution in [0.1, 0.15) is 21.6 Å². The summed E-state index contributed by atoms with van der Waals surface area (Å²) in [7, 11) is 0. The van der Waals surface area contributed by atoms with Crippen molar-refractivity contribution in [3.8, 4) is 11.3 Å². The fourth-order valence-corrected chi connectivity index (χ4v) is 3.31. The number of nitrogens with zero attached hydrogens (tertiary/aromatic N) is 4. The van der Waals surface area contributed by atoms with Gasteiger partial charge in [0.1, 0.15) is 11.2 Å². The van der Waals surface area contributed by atoms with Crippen LogP contribution in [-0.2, 0) is 6.54 Å². The van der Waals surface area contributed by atoms with Gasteiger partial charge in [-0.15, -0.1) is 0 Å². The van der Waals surface area contributed by atoms with Crippen molar-refractivity contribution in [1.82, 2.24) is 24.5 Å². The first-order valence-electron chi connectivity index (χ1n) is 9.38. The Morgan fingerprint density at radius 2 is 1.97 bits per heavy atom. The van der Waals surface area contributed by atoms with Crippen LogP contribution in [0.25, 0.3) is 16.8 Å². The predicted octanol–water partition coefficient (Wildman–Crippen LogP) is 2.60. The molecule has 1 N–H and O–H groups in total. The Morgan fingerprint density at radius 1 is 1.10 bits per heavy atom. The summed E-state index contributed by atoms with van der Waals surface area (Å²) >= 11 is 0. The van der Waals surface area contributed by atoms with Gasteiger partial charge in [-0.05, 0) is 37.6 Å². The van der Waals surface area contributed by atoms with Gasteiger partial charge in [0.2, 0.25) is 0 Å².